The van der Waals surface area contributed by atoms with Gasteiger partial charge >= 0.3 is 0 Å². The first-order chi connectivity index (χ1) is 31.0. The van der Waals surface area contributed by atoms with E-state index in [1.54, 1.807) is 9.79 Å². The normalized spacial score (nSPS) is 14.9. The Morgan fingerprint density at radius 1 is 0.556 bits per heavy atom. The molecule has 10 aromatic rings. The number of hydrogen-bond acceptors (Lipinski definition) is 12. The van der Waals surface area contributed by atoms with Gasteiger partial charge < -0.3 is 8.83 Å². The van der Waals surface area contributed by atoms with E-state index in [4.69, 9.17) is 36.3 Å². The minimum atomic E-state index is -1.48. The highest BCUT2D eigenvalue weighted by Crippen LogP contribution is 2.77. The Kier molecular flexibility index (Phi) is 11.0. The molecule has 13 heteroatoms. The summed E-state index contributed by atoms with van der Waals surface area (Å²) in [6.45, 7) is 9.48. The molecule has 9 heterocycles. The SMILES string of the molecule is CCCCC(CC)CS1(CC(CC)CCCC)c2cc(-c3ncc(-c4cc5ccccc5o4)c4nsnc34)sc2-c2sc(-c3ncc(-c4cc5ccccc5o4)c4nsnc34)cc21. The Balaban J connectivity index is 1.08. The van der Waals surface area contributed by atoms with E-state index in [1.165, 1.54) is 96.1 Å². The van der Waals surface area contributed by atoms with Gasteiger partial charge in [0.2, 0.25) is 0 Å². The third-order valence-corrected chi connectivity index (χ3v) is 21.2. The number of thiophene rings is 2. The van der Waals surface area contributed by atoms with E-state index in [9.17, 15) is 0 Å². The van der Waals surface area contributed by atoms with Gasteiger partial charge in [0.05, 0.1) is 54.1 Å². The first-order valence-corrected chi connectivity index (χ1v) is 27.3. The topological polar surface area (TPSA) is 104 Å². The van der Waals surface area contributed by atoms with E-state index in [0.717, 1.165) is 87.8 Å². The maximum atomic E-state index is 6.33. The number of unbranched alkanes of at least 4 members (excludes halogenated alkanes) is 2. The summed E-state index contributed by atoms with van der Waals surface area (Å²) in [6, 6.07) is 25.5. The Hall–Kier alpha value is -4.79. The molecule has 0 saturated heterocycles. The fraction of sp³-hybridized carbons (Fsp3) is 0.320. The molecule has 8 aromatic heterocycles. The van der Waals surface area contributed by atoms with Crippen LogP contribution in [0, 0.1) is 11.8 Å². The Morgan fingerprint density at radius 2 is 1.00 bits per heavy atom. The van der Waals surface area contributed by atoms with Crippen molar-refractivity contribution in [3.63, 3.8) is 0 Å². The zero-order valence-electron chi connectivity index (χ0n) is 35.8. The molecular weight excluding hydrogens is 877 g/mol. The first kappa shape index (κ1) is 40.9. The summed E-state index contributed by atoms with van der Waals surface area (Å²) in [7, 11) is -1.48. The molecule has 1 aliphatic heterocycles. The molecule has 0 aliphatic carbocycles. The second-order valence-corrected chi connectivity index (χ2v) is 23.4. The Bertz CT molecular complexity index is 2980. The van der Waals surface area contributed by atoms with Crippen LogP contribution in [0.3, 0.4) is 0 Å². The average Bonchev–Trinajstić information content (AvgIpc) is 4.17. The van der Waals surface area contributed by atoms with Gasteiger partial charge in [-0.05, 0) is 72.6 Å². The average molecular weight is 925 g/mol. The quantitative estimate of drug-likeness (QED) is 0.0944. The van der Waals surface area contributed by atoms with Crippen LogP contribution in [0.4, 0.5) is 0 Å². The second kappa shape index (κ2) is 17.0. The third-order valence-electron chi connectivity index (χ3n) is 13.0. The number of rotatable bonds is 16. The fourth-order valence-corrected chi connectivity index (χ4v) is 19.5. The van der Waals surface area contributed by atoms with Gasteiger partial charge in [0.15, 0.2) is 0 Å². The van der Waals surface area contributed by atoms with Crippen molar-refractivity contribution >= 4 is 100 Å². The number of benzene rings is 2. The minimum absolute atomic E-state index is 0.639. The van der Waals surface area contributed by atoms with Gasteiger partial charge in [-0.15, -0.1) is 22.7 Å². The molecule has 0 spiro atoms. The maximum absolute atomic E-state index is 6.33. The molecular formula is C50H48N6O2S5. The molecule has 0 amide bonds. The van der Waals surface area contributed by atoms with Crippen molar-refractivity contribution in [3.05, 3.63) is 85.2 Å². The van der Waals surface area contributed by atoms with E-state index < -0.39 is 10.0 Å². The smallest absolute Gasteiger partial charge is 0.139 e. The highest BCUT2D eigenvalue weighted by atomic mass is 32.3. The number of furan rings is 2. The van der Waals surface area contributed by atoms with Crippen LogP contribution >= 0.6 is 56.2 Å². The van der Waals surface area contributed by atoms with Crippen LogP contribution in [0.25, 0.3) is 97.5 Å². The predicted octanol–water partition coefficient (Wildman–Crippen LogP) is 16.4. The van der Waals surface area contributed by atoms with Gasteiger partial charge in [-0.25, -0.2) is 0 Å². The van der Waals surface area contributed by atoms with Crippen LogP contribution in [0.5, 0.6) is 0 Å². The number of para-hydroxylation sites is 2. The molecule has 1 aliphatic rings. The van der Waals surface area contributed by atoms with Crippen LogP contribution < -0.4 is 0 Å². The molecule has 2 aromatic carbocycles. The van der Waals surface area contributed by atoms with E-state index in [-0.39, 0.29) is 0 Å². The monoisotopic (exact) mass is 924 g/mol. The summed E-state index contributed by atoms with van der Waals surface area (Å²) in [5.74, 6) is 5.22. The van der Waals surface area contributed by atoms with E-state index in [0.29, 0.717) is 11.8 Å². The van der Waals surface area contributed by atoms with Gasteiger partial charge in [0, 0.05) is 33.0 Å². The van der Waals surface area contributed by atoms with E-state index in [2.05, 4.69) is 64.1 Å². The van der Waals surface area contributed by atoms with Crippen LogP contribution in [-0.4, -0.2) is 39.0 Å². The van der Waals surface area contributed by atoms with Crippen molar-refractivity contribution in [3.8, 4) is 53.5 Å². The number of nitrogens with zero attached hydrogens (tertiary/aromatic N) is 6. The maximum Gasteiger partial charge on any atom is 0.139 e. The van der Waals surface area contributed by atoms with Gasteiger partial charge in [-0.3, -0.25) is 9.97 Å². The zero-order chi connectivity index (χ0) is 42.7. The van der Waals surface area contributed by atoms with Crippen LogP contribution in [0.1, 0.15) is 79.1 Å². The summed E-state index contributed by atoms with van der Waals surface area (Å²) in [5, 5.41) is 2.12. The molecule has 0 fully saturated rings. The van der Waals surface area contributed by atoms with E-state index in [1.807, 2.05) is 71.5 Å². The first-order valence-electron chi connectivity index (χ1n) is 22.3. The molecule has 320 valence electrons. The molecule has 8 nitrogen and oxygen atoms in total. The summed E-state index contributed by atoms with van der Waals surface area (Å²) in [5.41, 5.74) is 8.60. The third kappa shape index (κ3) is 7.06. The van der Waals surface area contributed by atoms with Crippen molar-refractivity contribution in [2.24, 2.45) is 11.8 Å². The molecule has 63 heavy (non-hydrogen) atoms. The van der Waals surface area contributed by atoms with Crippen molar-refractivity contribution in [1.82, 2.24) is 27.5 Å². The molecule has 11 rings (SSSR count). The summed E-state index contributed by atoms with van der Waals surface area (Å²) in [6.07, 6.45) is 13.7. The van der Waals surface area contributed by atoms with Crippen molar-refractivity contribution in [1.29, 1.82) is 0 Å². The minimum Gasteiger partial charge on any atom is -0.456 e. The van der Waals surface area contributed by atoms with Crippen LogP contribution in [-0.2, 0) is 0 Å². The van der Waals surface area contributed by atoms with Crippen LogP contribution in [0.2, 0.25) is 0 Å². The molecule has 0 bridgehead atoms. The summed E-state index contributed by atoms with van der Waals surface area (Å²) >= 11 is 6.26. The van der Waals surface area contributed by atoms with Crippen molar-refractivity contribution < 1.29 is 8.83 Å². The number of pyridine rings is 2. The lowest BCUT2D eigenvalue weighted by molar-refractivity contribution is 0.484. The largest absolute Gasteiger partial charge is 0.456 e. The summed E-state index contributed by atoms with van der Waals surface area (Å²) in [4.78, 5) is 18.6. The van der Waals surface area contributed by atoms with Gasteiger partial charge in [-0.1, -0.05) is 103 Å². The van der Waals surface area contributed by atoms with E-state index >= 15 is 0 Å². The molecule has 0 radical (unpaired) electrons. The van der Waals surface area contributed by atoms with Crippen LogP contribution in [0.15, 0.2) is 104 Å². The fourth-order valence-electron chi connectivity index (χ4n) is 9.52. The van der Waals surface area contributed by atoms with Gasteiger partial charge in [0.25, 0.3) is 0 Å². The lowest BCUT2D eigenvalue weighted by Crippen LogP contribution is -2.20. The second-order valence-electron chi connectivity index (χ2n) is 16.9. The van der Waals surface area contributed by atoms with Crippen molar-refractivity contribution in [2.75, 3.05) is 11.5 Å². The Labute approximate surface area is 384 Å². The van der Waals surface area contributed by atoms with Crippen molar-refractivity contribution in [2.45, 2.75) is 88.9 Å². The molecule has 2 atom stereocenters. The lowest BCUT2D eigenvalue weighted by atomic mass is 10.0. The molecule has 0 saturated carbocycles. The highest BCUT2D eigenvalue weighted by Gasteiger charge is 2.45. The van der Waals surface area contributed by atoms with Gasteiger partial charge in [0.1, 0.15) is 56.1 Å². The lowest BCUT2D eigenvalue weighted by Gasteiger charge is -2.42. The Morgan fingerprint density at radius 3 is 1.43 bits per heavy atom. The highest BCUT2D eigenvalue weighted by molar-refractivity contribution is 8.34. The summed E-state index contributed by atoms with van der Waals surface area (Å²) < 4.78 is 32.2. The zero-order valence-corrected chi connectivity index (χ0v) is 39.9. The number of aromatic nitrogens is 6. The molecule has 0 N–H and O–H groups in total. The van der Waals surface area contributed by atoms with Gasteiger partial charge in [-0.2, -0.15) is 27.5 Å². The standard InChI is InChI=1S/C50H48N6O2S5/c1-5-9-15-29(7-3)27-63(28-30(8-4)16-10-6-2)41-23-39(45-47-43(53-61-55-47)33(25-51-45)37-21-31-17-11-13-19-35(31)57-37)59-49(41)50-42(63)24-40(60-50)46-48-44(54-62-56-48)34(26-52-46)38-22-32-18-12-14-20-36(32)58-38/h11-14,17-26,29-30H,5-10,15-16,27-28H2,1-4H3. The molecule has 2 unspecified atom stereocenters. The predicted molar refractivity (Wildman–Crippen MR) is 267 cm³/mol. The number of hydrogen-bond donors (Lipinski definition) is 0. The number of fused-ring (bicyclic) bond motifs is 7.